The number of piperazine rings is 1. The van der Waals surface area contributed by atoms with Gasteiger partial charge in [-0.05, 0) is 44.0 Å². The summed E-state index contributed by atoms with van der Waals surface area (Å²) in [6.45, 7) is 7.42. The van der Waals surface area contributed by atoms with Gasteiger partial charge in [-0.1, -0.05) is 6.07 Å². The summed E-state index contributed by atoms with van der Waals surface area (Å²) in [5.41, 5.74) is 9.42. The Hall–Kier alpha value is -1.55. The van der Waals surface area contributed by atoms with Crippen LogP contribution in [-0.4, -0.2) is 43.0 Å². The molecule has 1 fully saturated rings. The minimum atomic E-state index is -0.254. The first-order valence-electron chi connectivity index (χ1n) is 6.76. The van der Waals surface area contributed by atoms with E-state index in [2.05, 4.69) is 43.9 Å². The van der Waals surface area contributed by atoms with E-state index < -0.39 is 0 Å². The molecule has 2 N–H and O–H groups in total. The Labute approximate surface area is 115 Å². The number of carbonyl (C=O) groups is 1. The fourth-order valence-corrected chi connectivity index (χ4v) is 2.79. The zero-order chi connectivity index (χ0) is 14.2. The molecule has 1 aliphatic rings. The van der Waals surface area contributed by atoms with Crippen LogP contribution in [0.1, 0.15) is 18.1 Å². The van der Waals surface area contributed by atoms with E-state index in [9.17, 15) is 4.79 Å². The van der Waals surface area contributed by atoms with Gasteiger partial charge in [0.25, 0.3) is 0 Å². The third-order valence-electron chi connectivity index (χ3n) is 4.02. The molecule has 1 aromatic carbocycles. The van der Waals surface area contributed by atoms with E-state index in [1.165, 1.54) is 11.1 Å². The van der Waals surface area contributed by atoms with Gasteiger partial charge in [0.1, 0.15) is 6.04 Å². The van der Waals surface area contributed by atoms with E-state index in [0.29, 0.717) is 6.54 Å². The van der Waals surface area contributed by atoms with Crippen LogP contribution < -0.4 is 10.6 Å². The number of nitrogens with two attached hydrogens (primary N) is 1. The molecular formula is C15H23N3O. The van der Waals surface area contributed by atoms with Gasteiger partial charge in [0.15, 0.2) is 0 Å². The molecule has 1 aromatic rings. The Morgan fingerprint density at radius 2 is 2.00 bits per heavy atom. The van der Waals surface area contributed by atoms with Gasteiger partial charge in [-0.3, -0.25) is 4.79 Å². The van der Waals surface area contributed by atoms with Crippen molar-refractivity contribution in [2.75, 3.05) is 25.0 Å². The third-order valence-corrected chi connectivity index (χ3v) is 4.02. The number of aryl methyl sites for hydroxylation is 2. The number of carbonyl (C=O) groups excluding carboxylic acids is 1. The average molecular weight is 261 g/mol. The smallest absolute Gasteiger partial charge is 0.246 e. The normalized spacial score (nSPS) is 23.9. The molecule has 4 nitrogen and oxygen atoms in total. The molecule has 1 saturated heterocycles. The molecule has 4 heteroatoms. The van der Waals surface area contributed by atoms with Crippen molar-refractivity contribution in [1.29, 1.82) is 0 Å². The maximum Gasteiger partial charge on any atom is 0.246 e. The van der Waals surface area contributed by atoms with Crippen LogP contribution >= 0.6 is 0 Å². The number of likely N-dealkylation sites (N-methyl/N-ethyl adjacent to an activating group) is 1. The van der Waals surface area contributed by atoms with Crippen molar-refractivity contribution >= 4 is 11.6 Å². The Morgan fingerprint density at radius 1 is 1.32 bits per heavy atom. The minimum absolute atomic E-state index is 0.110. The molecule has 2 unspecified atom stereocenters. The largest absolute Gasteiger partial charge is 0.354 e. The summed E-state index contributed by atoms with van der Waals surface area (Å²) in [4.78, 5) is 16.2. The van der Waals surface area contributed by atoms with Crippen LogP contribution in [0.3, 0.4) is 0 Å². The van der Waals surface area contributed by atoms with Crippen LogP contribution in [0.25, 0.3) is 0 Å². The van der Waals surface area contributed by atoms with E-state index in [4.69, 9.17) is 5.73 Å². The van der Waals surface area contributed by atoms with E-state index in [1.807, 2.05) is 7.05 Å². The topological polar surface area (TPSA) is 49.6 Å². The molecule has 0 spiro atoms. The van der Waals surface area contributed by atoms with Crippen molar-refractivity contribution in [2.45, 2.75) is 32.9 Å². The molecule has 1 amide bonds. The highest BCUT2D eigenvalue weighted by Crippen LogP contribution is 2.26. The van der Waals surface area contributed by atoms with Gasteiger partial charge in [0.05, 0.1) is 0 Å². The van der Waals surface area contributed by atoms with Gasteiger partial charge >= 0.3 is 0 Å². The summed E-state index contributed by atoms with van der Waals surface area (Å²) in [5, 5.41) is 0. The van der Waals surface area contributed by atoms with Crippen molar-refractivity contribution in [1.82, 2.24) is 4.90 Å². The fourth-order valence-electron chi connectivity index (χ4n) is 2.79. The molecule has 2 rings (SSSR count). The van der Waals surface area contributed by atoms with Gasteiger partial charge < -0.3 is 15.5 Å². The van der Waals surface area contributed by atoms with Crippen molar-refractivity contribution < 1.29 is 4.79 Å². The van der Waals surface area contributed by atoms with Crippen LogP contribution in [-0.2, 0) is 4.79 Å². The summed E-state index contributed by atoms with van der Waals surface area (Å²) in [7, 11) is 1.85. The highest BCUT2D eigenvalue weighted by Gasteiger charge is 2.36. The van der Waals surface area contributed by atoms with Crippen LogP contribution in [0.2, 0.25) is 0 Å². The first-order valence-corrected chi connectivity index (χ1v) is 6.76. The summed E-state index contributed by atoms with van der Waals surface area (Å²) in [5.74, 6) is 0.110. The van der Waals surface area contributed by atoms with E-state index >= 15 is 0 Å². The maximum absolute atomic E-state index is 12.2. The number of hydrogen-bond acceptors (Lipinski definition) is 3. The molecule has 0 saturated carbocycles. The Morgan fingerprint density at radius 3 is 2.58 bits per heavy atom. The molecule has 2 atom stereocenters. The van der Waals surface area contributed by atoms with Crippen molar-refractivity contribution in [3.8, 4) is 0 Å². The molecule has 0 aliphatic carbocycles. The predicted molar refractivity (Wildman–Crippen MR) is 78.3 cm³/mol. The molecule has 19 heavy (non-hydrogen) atoms. The lowest BCUT2D eigenvalue weighted by Gasteiger charge is -2.45. The van der Waals surface area contributed by atoms with Gasteiger partial charge in [0.2, 0.25) is 5.91 Å². The number of amides is 1. The monoisotopic (exact) mass is 261 g/mol. The van der Waals surface area contributed by atoms with Crippen molar-refractivity contribution in [3.63, 3.8) is 0 Å². The standard InChI is InChI=1S/C15H23N3O/c1-10-5-6-13(7-11(10)2)18-12(3)9-17(4)15(19)14(18)8-16/h5-7,12,14H,8-9,16H2,1-4H3. The first-order chi connectivity index (χ1) is 8.95. The van der Waals surface area contributed by atoms with Crippen molar-refractivity contribution in [2.24, 2.45) is 5.73 Å². The summed E-state index contributed by atoms with van der Waals surface area (Å²) < 4.78 is 0. The highest BCUT2D eigenvalue weighted by atomic mass is 16.2. The summed E-state index contributed by atoms with van der Waals surface area (Å²) >= 11 is 0. The van der Waals surface area contributed by atoms with Crippen LogP contribution in [0.5, 0.6) is 0 Å². The highest BCUT2D eigenvalue weighted by molar-refractivity contribution is 5.87. The number of benzene rings is 1. The van der Waals surface area contributed by atoms with E-state index in [0.717, 1.165) is 12.2 Å². The molecule has 0 aromatic heterocycles. The fraction of sp³-hybridized carbons (Fsp3) is 0.533. The zero-order valence-corrected chi connectivity index (χ0v) is 12.2. The van der Waals surface area contributed by atoms with Gasteiger partial charge in [-0.25, -0.2) is 0 Å². The molecule has 104 valence electrons. The van der Waals surface area contributed by atoms with Gasteiger partial charge in [-0.2, -0.15) is 0 Å². The summed E-state index contributed by atoms with van der Waals surface area (Å²) in [6, 6.07) is 6.36. The predicted octanol–water partition coefficient (Wildman–Crippen LogP) is 1.30. The average Bonchev–Trinajstić information content (AvgIpc) is 2.37. The van der Waals surface area contributed by atoms with Gasteiger partial charge in [-0.15, -0.1) is 0 Å². The Kier molecular flexibility index (Phi) is 3.80. The molecule has 1 aliphatic heterocycles. The maximum atomic E-state index is 12.2. The Bertz CT molecular complexity index is 486. The lowest BCUT2D eigenvalue weighted by Crippen LogP contribution is -2.62. The molecule has 0 radical (unpaired) electrons. The second-order valence-corrected chi connectivity index (χ2v) is 5.50. The van der Waals surface area contributed by atoms with Crippen LogP contribution in [0.4, 0.5) is 5.69 Å². The Balaban J connectivity index is 2.39. The van der Waals surface area contributed by atoms with Crippen LogP contribution in [0, 0.1) is 13.8 Å². The van der Waals surface area contributed by atoms with E-state index in [1.54, 1.807) is 4.90 Å². The quantitative estimate of drug-likeness (QED) is 0.873. The van der Waals surface area contributed by atoms with Crippen LogP contribution in [0.15, 0.2) is 18.2 Å². The summed E-state index contributed by atoms with van der Waals surface area (Å²) in [6.07, 6.45) is 0. The number of anilines is 1. The number of nitrogens with zero attached hydrogens (tertiary/aromatic N) is 2. The van der Waals surface area contributed by atoms with E-state index in [-0.39, 0.29) is 18.0 Å². The number of hydrogen-bond donors (Lipinski definition) is 1. The van der Waals surface area contributed by atoms with Gasteiger partial charge in [0, 0.05) is 31.9 Å². The molecule has 1 heterocycles. The molecule has 0 bridgehead atoms. The molecular weight excluding hydrogens is 238 g/mol. The minimum Gasteiger partial charge on any atom is -0.354 e. The first kappa shape index (κ1) is 13.9. The third kappa shape index (κ3) is 2.45. The SMILES string of the molecule is Cc1ccc(N2C(C)CN(C)C(=O)C2CN)cc1C. The lowest BCUT2D eigenvalue weighted by atomic mass is 10.0. The second kappa shape index (κ2) is 5.21. The number of rotatable bonds is 2. The zero-order valence-electron chi connectivity index (χ0n) is 12.2. The van der Waals surface area contributed by atoms with Crippen molar-refractivity contribution in [3.05, 3.63) is 29.3 Å². The lowest BCUT2D eigenvalue weighted by molar-refractivity contribution is -0.133. The second-order valence-electron chi connectivity index (χ2n) is 5.50.